The van der Waals surface area contributed by atoms with Crippen LogP contribution in [-0.4, -0.2) is 12.1 Å². The standard InChI is InChI=1S/C16H21F3O2/c1-2-3-4-5-6-7-11-15(20)13-9-8-10-14(12-13)21-16(17,18)19/h8-10,12H,2-7,11H2,1H3. The van der Waals surface area contributed by atoms with Gasteiger partial charge in [0, 0.05) is 12.0 Å². The zero-order valence-electron chi connectivity index (χ0n) is 12.2. The Morgan fingerprint density at radius 1 is 1.10 bits per heavy atom. The van der Waals surface area contributed by atoms with Crippen molar-refractivity contribution in [1.29, 1.82) is 0 Å². The van der Waals surface area contributed by atoms with Crippen LogP contribution in [0.5, 0.6) is 5.75 Å². The first-order chi connectivity index (χ1) is 9.92. The van der Waals surface area contributed by atoms with Gasteiger partial charge in [0.25, 0.3) is 0 Å². The second kappa shape index (κ2) is 8.70. The highest BCUT2D eigenvalue weighted by Gasteiger charge is 2.31. The zero-order chi connectivity index (χ0) is 15.7. The van der Waals surface area contributed by atoms with Gasteiger partial charge in [-0.1, -0.05) is 51.2 Å². The summed E-state index contributed by atoms with van der Waals surface area (Å²) in [5.74, 6) is -0.491. The van der Waals surface area contributed by atoms with Gasteiger partial charge in [-0.25, -0.2) is 0 Å². The third-order valence-electron chi connectivity index (χ3n) is 3.15. The van der Waals surface area contributed by atoms with Crippen LogP contribution < -0.4 is 4.74 Å². The molecular formula is C16H21F3O2. The van der Waals surface area contributed by atoms with Crippen molar-refractivity contribution in [3.8, 4) is 5.75 Å². The lowest BCUT2D eigenvalue weighted by Gasteiger charge is -2.09. The number of hydrogen-bond donors (Lipinski definition) is 0. The molecule has 0 saturated carbocycles. The predicted octanol–water partition coefficient (Wildman–Crippen LogP) is 5.52. The van der Waals surface area contributed by atoms with Crippen molar-refractivity contribution in [3.63, 3.8) is 0 Å². The monoisotopic (exact) mass is 302 g/mol. The minimum absolute atomic E-state index is 0.141. The summed E-state index contributed by atoms with van der Waals surface area (Å²) in [5, 5.41) is 0. The summed E-state index contributed by atoms with van der Waals surface area (Å²) < 4.78 is 40.2. The van der Waals surface area contributed by atoms with Crippen molar-refractivity contribution in [1.82, 2.24) is 0 Å². The van der Waals surface area contributed by atoms with Gasteiger partial charge in [-0.05, 0) is 18.6 Å². The Morgan fingerprint density at radius 2 is 1.76 bits per heavy atom. The number of carbonyl (C=O) groups excluding carboxylic acids is 1. The summed E-state index contributed by atoms with van der Waals surface area (Å²) in [5.41, 5.74) is 0.269. The highest BCUT2D eigenvalue weighted by molar-refractivity contribution is 5.96. The molecule has 1 aromatic carbocycles. The molecule has 118 valence electrons. The van der Waals surface area contributed by atoms with E-state index >= 15 is 0 Å². The number of rotatable bonds is 9. The fraction of sp³-hybridized carbons (Fsp3) is 0.562. The number of Topliss-reactive ketones (excluding diaryl/α,β-unsaturated/α-hetero) is 1. The van der Waals surface area contributed by atoms with Gasteiger partial charge in [0.1, 0.15) is 5.75 Å². The maximum atomic E-state index is 12.1. The average Bonchev–Trinajstić information content (AvgIpc) is 2.41. The minimum atomic E-state index is -4.74. The highest BCUT2D eigenvalue weighted by Crippen LogP contribution is 2.24. The molecule has 0 bridgehead atoms. The van der Waals surface area contributed by atoms with Crippen molar-refractivity contribution < 1.29 is 22.7 Å². The summed E-state index contributed by atoms with van der Waals surface area (Å²) in [4.78, 5) is 11.9. The lowest BCUT2D eigenvalue weighted by atomic mass is 10.0. The van der Waals surface area contributed by atoms with Gasteiger partial charge in [-0.15, -0.1) is 13.2 Å². The van der Waals surface area contributed by atoms with Gasteiger partial charge in [-0.3, -0.25) is 4.79 Å². The number of ketones is 1. The summed E-state index contributed by atoms with van der Waals surface area (Å²) >= 11 is 0. The second-order valence-electron chi connectivity index (χ2n) is 5.02. The number of ether oxygens (including phenoxy) is 1. The number of unbranched alkanes of at least 4 members (excludes halogenated alkanes) is 5. The SMILES string of the molecule is CCCCCCCCC(=O)c1cccc(OC(F)(F)F)c1. The lowest BCUT2D eigenvalue weighted by molar-refractivity contribution is -0.274. The fourth-order valence-electron chi connectivity index (χ4n) is 2.08. The first kappa shape index (κ1) is 17.5. The zero-order valence-corrected chi connectivity index (χ0v) is 12.2. The van der Waals surface area contributed by atoms with Crippen molar-refractivity contribution >= 4 is 5.78 Å². The summed E-state index contributed by atoms with van der Waals surface area (Å²) in [6, 6.07) is 5.25. The molecule has 0 N–H and O–H groups in total. The second-order valence-corrected chi connectivity index (χ2v) is 5.02. The van der Waals surface area contributed by atoms with Crippen molar-refractivity contribution in [2.45, 2.75) is 58.2 Å². The van der Waals surface area contributed by atoms with Gasteiger partial charge in [0.15, 0.2) is 5.78 Å². The fourth-order valence-corrected chi connectivity index (χ4v) is 2.08. The lowest BCUT2D eigenvalue weighted by Crippen LogP contribution is -2.17. The van der Waals surface area contributed by atoms with E-state index in [1.165, 1.54) is 37.5 Å². The van der Waals surface area contributed by atoms with E-state index in [0.717, 1.165) is 25.3 Å². The van der Waals surface area contributed by atoms with E-state index in [9.17, 15) is 18.0 Å². The number of carbonyl (C=O) groups is 1. The Balaban J connectivity index is 2.42. The smallest absolute Gasteiger partial charge is 0.406 e. The van der Waals surface area contributed by atoms with Gasteiger partial charge in [-0.2, -0.15) is 0 Å². The summed E-state index contributed by atoms with van der Waals surface area (Å²) in [7, 11) is 0. The molecule has 1 rings (SSSR count). The van der Waals surface area contributed by atoms with Crippen LogP contribution in [0.2, 0.25) is 0 Å². The first-order valence-electron chi connectivity index (χ1n) is 7.31. The molecule has 0 amide bonds. The molecule has 0 aliphatic heterocycles. The predicted molar refractivity (Wildman–Crippen MR) is 75.4 cm³/mol. The summed E-state index contributed by atoms with van der Waals surface area (Å²) in [6.45, 7) is 2.14. The van der Waals surface area contributed by atoms with Crippen LogP contribution >= 0.6 is 0 Å². The topological polar surface area (TPSA) is 26.3 Å². The Bertz CT molecular complexity index is 441. The number of alkyl halides is 3. The Hall–Kier alpha value is -1.52. The molecule has 0 unspecified atom stereocenters. The van der Waals surface area contributed by atoms with Crippen molar-refractivity contribution in [2.24, 2.45) is 0 Å². The molecule has 1 aromatic rings. The van der Waals surface area contributed by atoms with Crippen LogP contribution in [0, 0.1) is 0 Å². The van der Waals surface area contributed by atoms with Crippen LogP contribution in [0.25, 0.3) is 0 Å². The minimum Gasteiger partial charge on any atom is -0.406 e. The normalized spacial score (nSPS) is 11.4. The molecule has 2 nitrogen and oxygen atoms in total. The third-order valence-corrected chi connectivity index (χ3v) is 3.15. The third kappa shape index (κ3) is 7.73. The average molecular weight is 302 g/mol. The van der Waals surface area contributed by atoms with Gasteiger partial charge in [0.2, 0.25) is 0 Å². The summed E-state index contributed by atoms with van der Waals surface area (Å²) in [6.07, 6.45) is 2.01. The Labute approximate surface area is 123 Å². The van der Waals surface area contributed by atoms with Gasteiger partial charge in [0.05, 0.1) is 0 Å². The van der Waals surface area contributed by atoms with Gasteiger partial charge >= 0.3 is 6.36 Å². The molecule has 21 heavy (non-hydrogen) atoms. The first-order valence-corrected chi connectivity index (χ1v) is 7.31. The maximum Gasteiger partial charge on any atom is 0.573 e. The molecule has 0 aliphatic carbocycles. The van der Waals surface area contributed by atoms with E-state index in [4.69, 9.17) is 0 Å². The van der Waals surface area contributed by atoms with Crippen LogP contribution in [0.15, 0.2) is 24.3 Å². The van der Waals surface area contributed by atoms with E-state index in [0.29, 0.717) is 6.42 Å². The molecule has 0 aromatic heterocycles. The number of halogens is 3. The van der Waals surface area contributed by atoms with E-state index < -0.39 is 6.36 Å². The molecule has 0 radical (unpaired) electrons. The van der Waals surface area contributed by atoms with E-state index in [2.05, 4.69) is 11.7 Å². The van der Waals surface area contributed by atoms with Gasteiger partial charge < -0.3 is 4.74 Å². The molecular weight excluding hydrogens is 281 g/mol. The Kier molecular flexibility index (Phi) is 7.26. The van der Waals surface area contributed by atoms with E-state index in [-0.39, 0.29) is 17.1 Å². The Morgan fingerprint density at radius 3 is 2.43 bits per heavy atom. The molecule has 0 saturated heterocycles. The molecule has 0 heterocycles. The molecule has 5 heteroatoms. The van der Waals surface area contributed by atoms with E-state index in [1.54, 1.807) is 0 Å². The van der Waals surface area contributed by atoms with Crippen LogP contribution in [0.1, 0.15) is 62.2 Å². The van der Waals surface area contributed by atoms with Crippen LogP contribution in [0.3, 0.4) is 0 Å². The number of benzene rings is 1. The quantitative estimate of drug-likeness (QED) is 0.443. The number of hydrogen-bond acceptors (Lipinski definition) is 2. The molecule has 0 aliphatic rings. The molecule has 0 atom stereocenters. The molecule has 0 spiro atoms. The largest absolute Gasteiger partial charge is 0.573 e. The van der Waals surface area contributed by atoms with Crippen molar-refractivity contribution in [2.75, 3.05) is 0 Å². The highest BCUT2D eigenvalue weighted by atomic mass is 19.4. The molecule has 0 fully saturated rings. The van der Waals surface area contributed by atoms with Crippen LogP contribution in [0.4, 0.5) is 13.2 Å². The maximum absolute atomic E-state index is 12.1. The van der Waals surface area contributed by atoms with Crippen molar-refractivity contribution in [3.05, 3.63) is 29.8 Å². The van der Waals surface area contributed by atoms with Crippen LogP contribution in [-0.2, 0) is 0 Å². The van der Waals surface area contributed by atoms with E-state index in [1.807, 2.05) is 0 Å².